The smallest absolute Gasteiger partial charge is 0.156 e. The number of ether oxygens (including phenoxy) is 1. The van der Waals surface area contributed by atoms with Crippen LogP contribution in [0.15, 0.2) is 0 Å². The van der Waals surface area contributed by atoms with E-state index >= 15 is 0 Å². The summed E-state index contributed by atoms with van der Waals surface area (Å²) in [6.07, 6.45) is -0.653. The molecule has 0 saturated carbocycles. The van der Waals surface area contributed by atoms with Crippen molar-refractivity contribution >= 4 is 0 Å². The zero-order valence-electron chi connectivity index (χ0n) is 7.23. The highest BCUT2D eigenvalue weighted by atomic mass is 16.5. The molecule has 0 aliphatic carbocycles. The molecule has 0 aromatic carbocycles. The fourth-order valence-corrected chi connectivity index (χ4v) is 1.32. The molecule has 1 heterocycles. The van der Waals surface area contributed by atoms with Gasteiger partial charge in [0.1, 0.15) is 0 Å². The number of hydrogen-bond donors (Lipinski definition) is 1. The molecule has 2 unspecified atom stereocenters. The number of nitriles is 1. The molecule has 4 heteroatoms. The van der Waals surface area contributed by atoms with Crippen molar-refractivity contribution in [2.24, 2.45) is 0 Å². The molecule has 1 aliphatic heterocycles. The lowest BCUT2D eigenvalue weighted by Crippen LogP contribution is -2.44. The van der Waals surface area contributed by atoms with Gasteiger partial charge in [0.2, 0.25) is 0 Å². The minimum atomic E-state index is -0.331. The number of morpholine rings is 1. The number of nitrogens with zero attached hydrogens (tertiary/aromatic N) is 2. The lowest BCUT2D eigenvalue weighted by molar-refractivity contribution is -0.0133. The second kappa shape index (κ2) is 4.41. The van der Waals surface area contributed by atoms with Gasteiger partial charge in [0.25, 0.3) is 0 Å². The Kier molecular flexibility index (Phi) is 3.48. The van der Waals surface area contributed by atoms with Crippen molar-refractivity contribution in [2.45, 2.75) is 19.1 Å². The van der Waals surface area contributed by atoms with Crippen molar-refractivity contribution in [2.75, 3.05) is 26.2 Å². The maximum Gasteiger partial charge on any atom is 0.156 e. The van der Waals surface area contributed by atoms with Crippen LogP contribution in [0.2, 0.25) is 0 Å². The normalized spacial score (nSPS) is 27.9. The topological polar surface area (TPSA) is 56.5 Å². The van der Waals surface area contributed by atoms with Gasteiger partial charge in [-0.1, -0.05) is 0 Å². The largest absolute Gasteiger partial charge is 0.392 e. The quantitative estimate of drug-likeness (QED) is 0.612. The van der Waals surface area contributed by atoms with Crippen LogP contribution >= 0.6 is 0 Å². The second-order valence-electron chi connectivity index (χ2n) is 3.10. The van der Waals surface area contributed by atoms with Crippen molar-refractivity contribution in [3.05, 3.63) is 0 Å². The first kappa shape index (κ1) is 9.46. The summed E-state index contributed by atoms with van der Waals surface area (Å²) >= 11 is 0. The molecule has 68 valence electrons. The van der Waals surface area contributed by atoms with Crippen LogP contribution in [0.4, 0.5) is 0 Å². The Balaban J connectivity index is 2.32. The Morgan fingerprint density at radius 2 is 2.58 bits per heavy atom. The predicted molar refractivity (Wildman–Crippen MR) is 43.5 cm³/mol. The molecule has 4 nitrogen and oxygen atoms in total. The van der Waals surface area contributed by atoms with Gasteiger partial charge in [-0.05, 0) is 6.92 Å². The molecule has 0 bridgehead atoms. The first-order valence-electron chi connectivity index (χ1n) is 4.14. The van der Waals surface area contributed by atoms with E-state index in [1.54, 1.807) is 6.92 Å². The van der Waals surface area contributed by atoms with E-state index in [0.29, 0.717) is 19.7 Å². The summed E-state index contributed by atoms with van der Waals surface area (Å²) in [5.74, 6) is 0. The van der Waals surface area contributed by atoms with E-state index < -0.39 is 0 Å². The standard InChI is InChI=1S/C8H14N2O2/c1-7(11)5-10-2-3-12-8(4-9)6-10/h7-8,11H,2-3,5-6H2,1H3. The molecular formula is C8H14N2O2. The maximum atomic E-state index is 9.10. The molecular weight excluding hydrogens is 156 g/mol. The number of β-amino-alcohol motifs (C(OH)–C–C–N with tert-alkyl or cyclic N) is 1. The van der Waals surface area contributed by atoms with E-state index in [1.807, 2.05) is 4.90 Å². The van der Waals surface area contributed by atoms with Crippen LogP contribution in [-0.4, -0.2) is 48.5 Å². The fourth-order valence-electron chi connectivity index (χ4n) is 1.32. The highest BCUT2D eigenvalue weighted by Gasteiger charge is 2.20. The van der Waals surface area contributed by atoms with E-state index in [0.717, 1.165) is 6.54 Å². The van der Waals surface area contributed by atoms with Gasteiger partial charge >= 0.3 is 0 Å². The van der Waals surface area contributed by atoms with Gasteiger partial charge in [-0.3, -0.25) is 4.90 Å². The lowest BCUT2D eigenvalue weighted by Gasteiger charge is -2.30. The van der Waals surface area contributed by atoms with Gasteiger partial charge in [0, 0.05) is 19.6 Å². The number of aliphatic hydroxyl groups is 1. The zero-order valence-corrected chi connectivity index (χ0v) is 7.23. The average Bonchev–Trinajstić information content (AvgIpc) is 2.03. The van der Waals surface area contributed by atoms with Crippen molar-refractivity contribution in [3.63, 3.8) is 0 Å². The van der Waals surface area contributed by atoms with Crippen LogP contribution in [0.5, 0.6) is 0 Å². The molecule has 0 amide bonds. The van der Waals surface area contributed by atoms with E-state index in [1.165, 1.54) is 0 Å². The molecule has 0 spiro atoms. The van der Waals surface area contributed by atoms with Crippen LogP contribution < -0.4 is 0 Å². The second-order valence-corrected chi connectivity index (χ2v) is 3.10. The molecule has 1 aliphatic rings. The molecule has 1 saturated heterocycles. The van der Waals surface area contributed by atoms with E-state index in [4.69, 9.17) is 15.1 Å². The maximum absolute atomic E-state index is 9.10. The molecule has 1 N–H and O–H groups in total. The molecule has 0 aromatic rings. The highest BCUT2D eigenvalue weighted by Crippen LogP contribution is 2.04. The van der Waals surface area contributed by atoms with Gasteiger partial charge in [0.15, 0.2) is 6.10 Å². The minimum absolute atomic E-state index is 0.322. The fraction of sp³-hybridized carbons (Fsp3) is 0.875. The first-order valence-corrected chi connectivity index (χ1v) is 4.14. The Bertz CT molecular complexity index is 176. The minimum Gasteiger partial charge on any atom is -0.392 e. The van der Waals surface area contributed by atoms with E-state index in [9.17, 15) is 0 Å². The van der Waals surface area contributed by atoms with Gasteiger partial charge in [-0.25, -0.2) is 0 Å². The summed E-state index contributed by atoms with van der Waals surface area (Å²) in [6, 6.07) is 2.06. The van der Waals surface area contributed by atoms with Crippen LogP contribution in [0.1, 0.15) is 6.92 Å². The summed E-state index contributed by atoms with van der Waals surface area (Å²) in [7, 11) is 0. The van der Waals surface area contributed by atoms with Gasteiger partial charge < -0.3 is 9.84 Å². The summed E-state index contributed by atoms with van der Waals surface area (Å²) in [6.45, 7) is 4.38. The highest BCUT2D eigenvalue weighted by molar-refractivity contribution is 4.89. The Morgan fingerprint density at radius 1 is 1.83 bits per heavy atom. The molecule has 2 atom stereocenters. The average molecular weight is 170 g/mol. The van der Waals surface area contributed by atoms with E-state index in [2.05, 4.69) is 6.07 Å². The lowest BCUT2D eigenvalue weighted by atomic mass is 10.2. The first-order chi connectivity index (χ1) is 5.72. The molecule has 1 fully saturated rings. The SMILES string of the molecule is CC(O)CN1CCOC(C#N)C1. The van der Waals surface area contributed by atoms with Crippen LogP contribution in [0, 0.1) is 11.3 Å². The van der Waals surface area contributed by atoms with Crippen molar-refractivity contribution in [1.29, 1.82) is 5.26 Å². The summed E-state index contributed by atoms with van der Waals surface area (Å²) in [4.78, 5) is 2.04. The molecule has 0 aromatic heterocycles. The number of rotatable bonds is 2. The van der Waals surface area contributed by atoms with Crippen molar-refractivity contribution in [1.82, 2.24) is 4.90 Å². The zero-order chi connectivity index (χ0) is 8.97. The monoisotopic (exact) mass is 170 g/mol. The van der Waals surface area contributed by atoms with Crippen LogP contribution in [0.3, 0.4) is 0 Å². The third-order valence-electron chi connectivity index (χ3n) is 1.82. The van der Waals surface area contributed by atoms with Gasteiger partial charge in [-0.2, -0.15) is 5.26 Å². The summed E-state index contributed by atoms with van der Waals surface area (Å²) in [5, 5.41) is 17.7. The van der Waals surface area contributed by atoms with E-state index in [-0.39, 0.29) is 12.2 Å². The number of aliphatic hydroxyl groups excluding tert-OH is 1. The summed E-state index contributed by atoms with van der Waals surface area (Å²) < 4.78 is 5.15. The third kappa shape index (κ3) is 2.78. The molecule has 1 rings (SSSR count). The van der Waals surface area contributed by atoms with Gasteiger partial charge in [0.05, 0.1) is 18.8 Å². The predicted octanol–water partition coefficient (Wildman–Crippen LogP) is -0.408. The molecule has 0 radical (unpaired) electrons. The summed E-state index contributed by atoms with van der Waals surface area (Å²) in [5.41, 5.74) is 0. The van der Waals surface area contributed by atoms with Gasteiger partial charge in [-0.15, -0.1) is 0 Å². The number of hydrogen-bond acceptors (Lipinski definition) is 4. The van der Waals surface area contributed by atoms with Crippen LogP contribution in [0.25, 0.3) is 0 Å². The molecule has 12 heavy (non-hydrogen) atoms. The van der Waals surface area contributed by atoms with Crippen molar-refractivity contribution in [3.8, 4) is 6.07 Å². The Morgan fingerprint density at radius 3 is 3.17 bits per heavy atom. The Labute approximate surface area is 72.3 Å². The Hall–Kier alpha value is -0.630. The van der Waals surface area contributed by atoms with Crippen LogP contribution in [-0.2, 0) is 4.74 Å². The third-order valence-corrected chi connectivity index (χ3v) is 1.82. The van der Waals surface area contributed by atoms with Crippen molar-refractivity contribution < 1.29 is 9.84 Å².